The van der Waals surface area contributed by atoms with Gasteiger partial charge in [-0.25, -0.2) is 9.97 Å². The number of nitrogens with one attached hydrogen (secondary N) is 1. The van der Waals surface area contributed by atoms with Crippen molar-refractivity contribution in [1.82, 2.24) is 9.97 Å². The molecule has 1 aromatic heterocycles. The highest BCUT2D eigenvalue weighted by atomic mass is 16.6. The van der Waals surface area contributed by atoms with Gasteiger partial charge in [0.2, 0.25) is 11.9 Å². The number of anilines is 3. The quantitative estimate of drug-likeness (QED) is 0.686. The molecular formula is C14H13N5O3. The predicted molar refractivity (Wildman–Crippen MR) is 80.0 cm³/mol. The summed E-state index contributed by atoms with van der Waals surface area (Å²) in [6, 6.07) is 7.31. The molecule has 2 heterocycles. The molecule has 0 atom stereocenters. The van der Waals surface area contributed by atoms with Crippen molar-refractivity contribution in [3.63, 3.8) is 0 Å². The minimum Gasteiger partial charge on any atom is -0.324 e. The van der Waals surface area contributed by atoms with E-state index < -0.39 is 4.92 Å². The molecule has 2 aromatic rings. The maximum atomic E-state index is 11.7. The van der Waals surface area contributed by atoms with Crippen molar-refractivity contribution < 1.29 is 9.72 Å². The lowest BCUT2D eigenvalue weighted by Gasteiger charge is -2.16. The molecule has 1 aliphatic rings. The Balaban J connectivity index is 1.70. The summed E-state index contributed by atoms with van der Waals surface area (Å²) in [6.45, 7) is 0.747. The van der Waals surface area contributed by atoms with Gasteiger partial charge in [0.1, 0.15) is 12.4 Å². The van der Waals surface area contributed by atoms with E-state index >= 15 is 0 Å². The number of carbonyl (C=O) groups is 1. The van der Waals surface area contributed by atoms with Crippen LogP contribution >= 0.6 is 0 Å². The number of nitrogens with zero attached hydrogens (tertiary/aromatic N) is 4. The molecule has 8 heteroatoms. The molecule has 8 nitrogen and oxygen atoms in total. The van der Waals surface area contributed by atoms with Crippen LogP contribution in [0.4, 0.5) is 23.0 Å². The maximum absolute atomic E-state index is 11.7. The van der Waals surface area contributed by atoms with E-state index in [0.29, 0.717) is 6.42 Å². The van der Waals surface area contributed by atoms with Crippen molar-refractivity contribution in [2.75, 3.05) is 16.8 Å². The molecule has 0 spiro atoms. The van der Waals surface area contributed by atoms with Gasteiger partial charge in [-0.15, -0.1) is 0 Å². The van der Waals surface area contributed by atoms with Gasteiger partial charge in [0.15, 0.2) is 0 Å². The van der Waals surface area contributed by atoms with Crippen LogP contribution in [0.15, 0.2) is 36.7 Å². The molecule has 1 amide bonds. The van der Waals surface area contributed by atoms with Gasteiger partial charge >= 0.3 is 5.69 Å². The van der Waals surface area contributed by atoms with Gasteiger partial charge < -0.3 is 10.2 Å². The Bertz CT molecular complexity index is 699. The van der Waals surface area contributed by atoms with E-state index in [4.69, 9.17) is 0 Å². The zero-order valence-corrected chi connectivity index (χ0v) is 11.6. The minimum atomic E-state index is -0.550. The largest absolute Gasteiger partial charge is 0.324 e. The smallest absolute Gasteiger partial charge is 0.305 e. The number of hydrogen-bond acceptors (Lipinski definition) is 6. The molecule has 0 saturated carbocycles. The summed E-state index contributed by atoms with van der Waals surface area (Å²) in [6.07, 6.45) is 3.77. The number of carbonyl (C=O) groups excluding carboxylic acids is 1. The highest BCUT2D eigenvalue weighted by Crippen LogP contribution is 2.24. The van der Waals surface area contributed by atoms with E-state index in [9.17, 15) is 14.9 Å². The lowest BCUT2D eigenvalue weighted by atomic mass is 10.2. The van der Waals surface area contributed by atoms with Crippen LogP contribution in [0.5, 0.6) is 0 Å². The fourth-order valence-corrected chi connectivity index (χ4v) is 2.26. The number of aromatic nitrogens is 2. The third kappa shape index (κ3) is 2.85. The Labute approximate surface area is 126 Å². The summed E-state index contributed by atoms with van der Waals surface area (Å²) in [5.74, 6) is 0.412. The van der Waals surface area contributed by atoms with Crippen molar-refractivity contribution in [3.05, 3.63) is 46.8 Å². The highest BCUT2D eigenvalue weighted by Gasteiger charge is 2.21. The molecule has 0 aliphatic carbocycles. The van der Waals surface area contributed by atoms with Crippen LogP contribution < -0.4 is 10.2 Å². The zero-order valence-electron chi connectivity index (χ0n) is 11.6. The molecule has 0 bridgehead atoms. The topological polar surface area (TPSA) is 101 Å². The third-order valence-corrected chi connectivity index (χ3v) is 3.36. The molecule has 0 radical (unpaired) electrons. The Morgan fingerprint density at radius 2 is 1.86 bits per heavy atom. The molecule has 22 heavy (non-hydrogen) atoms. The second kappa shape index (κ2) is 5.76. The first-order chi connectivity index (χ1) is 10.6. The van der Waals surface area contributed by atoms with Crippen LogP contribution in [0.2, 0.25) is 0 Å². The van der Waals surface area contributed by atoms with E-state index in [0.717, 1.165) is 36.7 Å². The van der Waals surface area contributed by atoms with Gasteiger partial charge in [-0.3, -0.25) is 14.9 Å². The second-order valence-electron chi connectivity index (χ2n) is 4.84. The fourth-order valence-electron chi connectivity index (χ4n) is 2.26. The van der Waals surface area contributed by atoms with Crippen LogP contribution in [0, 0.1) is 10.1 Å². The summed E-state index contributed by atoms with van der Waals surface area (Å²) in [4.78, 5) is 31.2. The van der Waals surface area contributed by atoms with Crippen LogP contribution in [0.3, 0.4) is 0 Å². The molecule has 112 valence electrons. The number of nitro groups is 1. The lowest BCUT2D eigenvalue weighted by molar-refractivity contribution is -0.385. The van der Waals surface area contributed by atoms with Crippen LogP contribution in [0.1, 0.15) is 12.8 Å². The number of amides is 1. The van der Waals surface area contributed by atoms with Crippen molar-refractivity contribution in [1.29, 1.82) is 0 Å². The normalized spacial score (nSPS) is 14.2. The van der Waals surface area contributed by atoms with E-state index in [1.807, 2.05) is 24.3 Å². The van der Waals surface area contributed by atoms with Gasteiger partial charge in [0, 0.05) is 24.3 Å². The molecule has 1 fully saturated rings. The molecule has 1 aliphatic heterocycles. The maximum Gasteiger partial charge on any atom is 0.305 e. The van der Waals surface area contributed by atoms with E-state index in [1.165, 1.54) is 0 Å². The number of benzene rings is 1. The Morgan fingerprint density at radius 3 is 2.41 bits per heavy atom. The summed E-state index contributed by atoms with van der Waals surface area (Å²) < 4.78 is 0. The molecular weight excluding hydrogens is 286 g/mol. The minimum absolute atomic E-state index is 0.138. The highest BCUT2D eigenvalue weighted by molar-refractivity contribution is 5.95. The van der Waals surface area contributed by atoms with Crippen LogP contribution in [-0.2, 0) is 4.79 Å². The third-order valence-electron chi connectivity index (χ3n) is 3.36. The first-order valence-corrected chi connectivity index (χ1v) is 6.77. The summed E-state index contributed by atoms with van der Waals surface area (Å²) in [7, 11) is 0. The van der Waals surface area contributed by atoms with Gasteiger partial charge in [0.25, 0.3) is 0 Å². The Hall–Kier alpha value is -3.03. The van der Waals surface area contributed by atoms with Gasteiger partial charge in [-0.2, -0.15) is 0 Å². The first-order valence-electron chi connectivity index (χ1n) is 6.77. The standard InChI is InChI=1S/C14H13N5O3/c20-13-2-1-7-18(13)11-5-3-10(4-6-11)17-14-15-8-12(9-16-14)19(21)22/h3-6,8-9H,1-2,7H2,(H,15,16,17). The molecule has 1 N–H and O–H groups in total. The lowest BCUT2D eigenvalue weighted by Crippen LogP contribution is -2.23. The molecule has 0 unspecified atom stereocenters. The Morgan fingerprint density at radius 1 is 1.18 bits per heavy atom. The fraction of sp³-hybridized carbons (Fsp3) is 0.214. The predicted octanol–water partition coefficient (Wildman–Crippen LogP) is 2.26. The van der Waals surface area contributed by atoms with Crippen LogP contribution in [-0.4, -0.2) is 27.3 Å². The monoisotopic (exact) mass is 299 g/mol. The zero-order chi connectivity index (χ0) is 15.5. The Kier molecular flexibility index (Phi) is 3.65. The summed E-state index contributed by atoms with van der Waals surface area (Å²) >= 11 is 0. The van der Waals surface area contributed by atoms with E-state index in [2.05, 4.69) is 15.3 Å². The molecule has 1 aromatic carbocycles. The summed E-state index contributed by atoms with van der Waals surface area (Å²) in [5, 5.41) is 13.5. The first kappa shape index (κ1) is 13.9. The van der Waals surface area contributed by atoms with Crippen molar-refractivity contribution in [2.45, 2.75) is 12.8 Å². The van der Waals surface area contributed by atoms with Gasteiger partial charge in [-0.1, -0.05) is 0 Å². The SMILES string of the molecule is O=C1CCCN1c1ccc(Nc2ncc([N+](=O)[O-])cn2)cc1. The number of rotatable bonds is 4. The van der Waals surface area contributed by atoms with Crippen LogP contribution in [0.25, 0.3) is 0 Å². The molecule has 1 saturated heterocycles. The average Bonchev–Trinajstić information content (AvgIpc) is 2.95. The van der Waals surface area contributed by atoms with E-state index in [1.54, 1.807) is 4.90 Å². The summed E-state index contributed by atoms with van der Waals surface area (Å²) in [5.41, 5.74) is 1.44. The van der Waals surface area contributed by atoms with Crippen molar-refractivity contribution in [2.24, 2.45) is 0 Å². The average molecular weight is 299 g/mol. The van der Waals surface area contributed by atoms with Gasteiger partial charge in [0.05, 0.1) is 4.92 Å². The van der Waals surface area contributed by atoms with Crippen molar-refractivity contribution in [3.8, 4) is 0 Å². The number of hydrogen-bond donors (Lipinski definition) is 1. The van der Waals surface area contributed by atoms with Crippen molar-refractivity contribution >= 4 is 28.9 Å². The van der Waals surface area contributed by atoms with E-state index in [-0.39, 0.29) is 17.5 Å². The van der Waals surface area contributed by atoms with Gasteiger partial charge in [-0.05, 0) is 30.7 Å². The molecule has 3 rings (SSSR count). The second-order valence-corrected chi connectivity index (χ2v) is 4.84.